The highest BCUT2D eigenvalue weighted by atomic mass is 32.2. The summed E-state index contributed by atoms with van der Waals surface area (Å²) in [5, 5.41) is 0. The number of benzene rings is 1. The normalized spacial score (nSPS) is 18.8. The third-order valence-electron chi connectivity index (χ3n) is 3.39. The average Bonchev–Trinajstić information content (AvgIpc) is 2.47. The van der Waals surface area contributed by atoms with Crippen LogP contribution in [0.1, 0.15) is 6.92 Å². The highest BCUT2D eigenvalue weighted by molar-refractivity contribution is 7.89. The van der Waals surface area contributed by atoms with Crippen molar-refractivity contribution in [3.8, 4) is 0 Å². The van der Waals surface area contributed by atoms with Gasteiger partial charge in [-0.15, -0.1) is 0 Å². The van der Waals surface area contributed by atoms with Crippen molar-refractivity contribution in [1.29, 1.82) is 0 Å². The summed E-state index contributed by atoms with van der Waals surface area (Å²) in [6, 6.07) is 4.79. The van der Waals surface area contributed by atoms with Gasteiger partial charge in [-0.1, -0.05) is 6.07 Å². The summed E-state index contributed by atoms with van der Waals surface area (Å²) in [4.78, 5) is -0.116. The van der Waals surface area contributed by atoms with E-state index in [1.807, 2.05) is 0 Å². The van der Waals surface area contributed by atoms with Crippen LogP contribution in [0.5, 0.6) is 0 Å². The quantitative estimate of drug-likeness (QED) is 0.802. The molecule has 0 aromatic heterocycles. The van der Waals surface area contributed by atoms with Crippen LogP contribution in [0.3, 0.4) is 0 Å². The van der Waals surface area contributed by atoms with Crippen molar-refractivity contribution in [2.75, 3.05) is 31.9 Å². The topological polar surface area (TPSA) is 74.8 Å². The van der Waals surface area contributed by atoms with Gasteiger partial charge in [-0.3, -0.25) is 0 Å². The smallest absolute Gasteiger partial charge is 0.212 e. The Balaban J connectivity index is 2.15. The number of rotatable bonds is 4. The summed E-state index contributed by atoms with van der Waals surface area (Å²) in [6.07, 6.45) is 0. The van der Waals surface area contributed by atoms with Crippen molar-refractivity contribution in [2.45, 2.75) is 11.8 Å². The van der Waals surface area contributed by atoms with Crippen LogP contribution in [0.4, 0.5) is 4.39 Å². The molecule has 1 aliphatic rings. The zero-order valence-electron chi connectivity index (χ0n) is 11.6. The average molecular weight is 336 g/mol. The molecule has 0 saturated carbocycles. The molecule has 9 heteroatoms. The molecule has 0 atom stereocenters. The van der Waals surface area contributed by atoms with Crippen molar-refractivity contribution in [3.05, 3.63) is 30.1 Å². The Morgan fingerprint density at radius 2 is 1.62 bits per heavy atom. The lowest BCUT2D eigenvalue weighted by molar-refractivity contribution is 0.273. The molecule has 0 radical (unpaired) electrons. The van der Waals surface area contributed by atoms with Gasteiger partial charge in [0.05, 0.1) is 10.6 Å². The summed E-state index contributed by atoms with van der Waals surface area (Å²) in [5.74, 6) is -0.632. The van der Waals surface area contributed by atoms with E-state index in [9.17, 15) is 21.2 Å². The van der Waals surface area contributed by atoms with E-state index in [-0.39, 0.29) is 36.8 Å². The lowest BCUT2D eigenvalue weighted by atomic mass is 10.4. The molecule has 6 nitrogen and oxygen atoms in total. The summed E-state index contributed by atoms with van der Waals surface area (Å²) in [5.41, 5.74) is 0. The standard InChI is InChI=1S/C12H17FN2O4S2/c1-2-20(16,17)14-6-8-15(9-7-14)21(18,19)12-5-3-4-11(13)10-12/h3-5,10H,2,6-9H2,1H3. The molecule has 2 rings (SSSR count). The van der Waals surface area contributed by atoms with Crippen LogP contribution in [0.25, 0.3) is 0 Å². The zero-order chi connectivity index (χ0) is 15.7. The van der Waals surface area contributed by atoms with Gasteiger partial charge in [0.15, 0.2) is 0 Å². The first-order valence-electron chi connectivity index (χ1n) is 6.51. The Morgan fingerprint density at radius 1 is 1.05 bits per heavy atom. The molecule has 1 aromatic carbocycles. The fourth-order valence-electron chi connectivity index (χ4n) is 2.15. The Labute approximate surface area is 124 Å². The van der Waals surface area contributed by atoms with Crippen molar-refractivity contribution in [3.63, 3.8) is 0 Å². The van der Waals surface area contributed by atoms with Gasteiger partial charge in [0.1, 0.15) is 5.82 Å². The Bertz CT molecular complexity index is 711. The van der Waals surface area contributed by atoms with Gasteiger partial charge in [-0.25, -0.2) is 21.2 Å². The van der Waals surface area contributed by atoms with Gasteiger partial charge < -0.3 is 0 Å². The maximum absolute atomic E-state index is 13.2. The molecule has 1 heterocycles. The molecule has 1 aromatic rings. The highest BCUT2D eigenvalue weighted by Crippen LogP contribution is 2.19. The monoisotopic (exact) mass is 336 g/mol. The number of sulfonamides is 2. The van der Waals surface area contributed by atoms with E-state index in [0.717, 1.165) is 6.07 Å². The minimum atomic E-state index is -3.79. The SMILES string of the molecule is CCS(=O)(=O)N1CCN(S(=O)(=O)c2cccc(F)c2)CC1. The molecule has 1 fully saturated rings. The first-order chi connectivity index (χ1) is 9.77. The van der Waals surface area contributed by atoms with E-state index < -0.39 is 25.9 Å². The van der Waals surface area contributed by atoms with Crippen LogP contribution in [-0.4, -0.2) is 57.4 Å². The Morgan fingerprint density at radius 3 is 2.14 bits per heavy atom. The van der Waals surface area contributed by atoms with Crippen molar-refractivity contribution >= 4 is 20.0 Å². The van der Waals surface area contributed by atoms with Crippen LogP contribution in [0.2, 0.25) is 0 Å². The van der Waals surface area contributed by atoms with Gasteiger partial charge in [-0.05, 0) is 25.1 Å². The van der Waals surface area contributed by atoms with Gasteiger partial charge in [-0.2, -0.15) is 8.61 Å². The van der Waals surface area contributed by atoms with E-state index in [2.05, 4.69) is 0 Å². The van der Waals surface area contributed by atoms with Crippen LogP contribution < -0.4 is 0 Å². The third kappa shape index (κ3) is 3.42. The predicted molar refractivity (Wildman–Crippen MR) is 76.2 cm³/mol. The second-order valence-electron chi connectivity index (χ2n) is 4.66. The largest absolute Gasteiger partial charge is 0.243 e. The molecule has 0 amide bonds. The summed E-state index contributed by atoms with van der Waals surface area (Å²) < 4.78 is 63.8. The van der Waals surface area contributed by atoms with E-state index in [0.29, 0.717) is 0 Å². The van der Waals surface area contributed by atoms with E-state index >= 15 is 0 Å². The van der Waals surface area contributed by atoms with Gasteiger partial charge in [0.2, 0.25) is 20.0 Å². The fourth-order valence-corrected chi connectivity index (χ4v) is 4.69. The van der Waals surface area contributed by atoms with Gasteiger partial charge in [0.25, 0.3) is 0 Å². The molecule has 0 unspecified atom stereocenters. The molecular formula is C12H17FN2O4S2. The number of hydrogen-bond donors (Lipinski definition) is 0. The minimum Gasteiger partial charge on any atom is -0.212 e. The third-order valence-corrected chi connectivity index (χ3v) is 7.17. The molecule has 0 aliphatic carbocycles. The Hall–Kier alpha value is -1.03. The van der Waals surface area contributed by atoms with Crippen molar-refractivity contribution < 1.29 is 21.2 Å². The van der Waals surface area contributed by atoms with E-state index in [1.54, 1.807) is 6.92 Å². The lowest BCUT2D eigenvalue weighted by Gasteiger charge is -2.33. The van der Waals surface area contributed by atoms with Crippen LogP contribution in [0.15, 0.2) is 29.2 Å². The predicted octanol–water partition coefficient (Wildman–Crippen LogP) is 0.482. The van der Waals surface area contributed by atoms with Crippen LogP contribution in [-0.2, 0) is 20.0 Å². The number of halogens is 1. The first kappa shape index (κ1) is 16.3. The maximum atomic E-state index is 13.2. The molecule has 0 N–H and O–H groups in total. The second kappa shape index (κ2) is 5.99. The Kier molecular flexibility index (Phi) is 4.66. The highest BCUT2D eigenvalue weighted by Gasteiger charge is 2.32. The molecule has 0 spiro atoms. The number of piperazine rings is 1. The van der Waals surface area contributed by atoms with E-state index in [4.69, 9.17) is 0 Å². The molecule has 118 valence electrons. The van der Waals surface area contributed by atoms with Crippen molar-refractivity contribution in [2.24, 2.45) is 0 Å². The molecule has 1 aliphatic heterocycles. The molecule has 1 saturated heterocycles. The summed E-state index contributed by atoms with van der Waals surface area (Å²) >= 11 is 0. The maximum Gasteiger partial charge on any atom is 0.243 e. The molecular weight excluding hydrogens is 319 g/mol. The number of nitrogens with zero attached hydrogens (tertiary/aromatic N) is 2. The van der Waals surface area contributed by atoms with Crippen molar-refractivity contribution in [1.82, 2.24) is 8.61 Å². The molecule has 0 bridgehead atoms. The molecule has 21 heavy (non-hydrogen) atoms. The van der Waals surface area contributed by atoms with Gasteiger partial charge in [0, 0.05) is 26.2 Å². The lowest BCUT2D eigenvalue weighted by Crippen LogP contribution is -2.50. The van der Waals surface area contributed by atoms with E-state index in [1.165, 1.54) is 26.8 Å². The fraction of sp³-hybridized carbons (Fsp3) is 0.500. The van der Waals surface area contributed by atoms with Crippen LogP contribution in [0, 0.1) is 5.82 Å². The summed E-state index contributed by atoms with van der Waals surface area (Å²) in [6.45, 7) is 1.91. The zero-order valence-corrected chi connectivity index (χ0v) is 13.2. The number of hydrogen-bond acceptors (Lipinski definition) is 4. The van der Waals surface area contributed by atoms with Crippen LogP contribution >= 0.6 is 0 Å². The second-order valence-corrected chi connectivity index (χ2v) is 8.86. The van der Waals surface area contributed by atoms with Gasteiger partial charge >= 0.3 is 0 Å². The summed E-state index contributed by atoms with van der Waals surface area (Å²) in [7, 11) is -7.10. The first-order valence-corrected chi connectivity index (χ1v) is 9.56. The minimum absolute atomic E-state index is 0.0103.